The maximum atomic E-state index is 13.8. The zero-order valence-corrected chi connectivity index (χ0v) is 13.6. The van der Waals surface area contributed by atoms with E-state index in [9.17, 15) is 87.8 Å². The first-order valence-electron chi connectivity index (χ1n) is 6.78. The fraction of sp³-hybridized carbons (Fsp3) is 0.667. The van der Waals surface area contributed by atoms with E-state index in [1.54, 1.807) is 0 Å². The predicted octanol–water partition coefficient (Wildman–Crippen LogP) is 7.38. The molecule has 0 atom stereocenters. The van der Waals surface area contributed by atoms with E-state index in [0.29, 0.717) is 0 Å². The highest BCUT2D eigenvalue weighted by molar-refractivity contribution is 5.51. The van der Waals surface area contributed by atoms with E-state index in [1.807, 2.05) is 0 Å². The van der Waals surface area contributed by atoms with Crippen LogP contribution in [0.5, 0.6) is 0 Å². The van der Waals surface area contributed by atoms with Gasteiger partial charge in [-0.05, 0) is 0 Å². The van der Waals surface area contributed by atoms with Gasteiger partial charge in [0.25, 0.3) is 6.08 Å². The molecule has 0 spiro atoms. The van der Waals surface area contributed by atoms with E-state index in [0.717, 1.165) is 0 Å². The maximum Gasteiger partial charge on any atom is 0.460 e. The Bertz CT molecular complexity index is 831. The lowest BCUT2D eigenvalue weighted by Crippen LogP contribution is -2.62. The minimum Gasteiger partial charge on any atom is -0.204 e. The molecule has 0 fully saturated rings. The van der Waals surface area contributed by atoms with E-state index < -0.39 is 70.7 Å². The predicted molar refractivity (Wildman–Crippen MR) is 58.1 cm³/mol. The lowest BCUT2D eigenvalue weighted by molar-refractivity contribution is -0.390. The van der Waals surface area contributed by atoms with Crippen molar-refractivity contribution in [2.24, 2.45) is 0 Å². The molecule has 188 valence electrons. The van der Waals surface area contributed by atoms with Crippen molar-refractivity contribution in [3.63, 3.8) is 0 Å². The van der Waals surface area contributed by atoms with Crippen LogP contribution in [0.25, 0.3) is 0 Å². The molecule has 0 heterocycles. The lowest BCUT2D eigenvalue weighted by Gasteiger charge is -2.36. The molecule has 1 rings (SSSR count). The summed E-state index contributed by atoms with van der Waals surface area (Å²) in [6.45, 7) is 0. The highest BCUT2D eigenvalue weighted by atomic mass is 19.4. The summed E-state index contributed by atoms with van der Waals surface area (Å²) in [5, 5.41) is 0. The van der Waals surface area contributed by atoms with Crippen LogP contribution in [0.3, 0.4) is 0 Å². The van der Waals surface area contributed by atoms with Crippen LogP contribution in [0.1, 0.15) is 0 Å². The van der Waals surface area contributed by atoms with Gasteiger partial charge in [0.1, 0.15) is 5.57 Å². The van der Waals surface area contributed by atoms with Gasteiger partial charge in [-0.2, -0.15) is 83.4 Å². The number of hydrogen-bond donors (Lipinski definition) is 0. The Morgan fingerprint density at radius 3 is 1.22 bits per heavy atom. The van der Waals surface area contributed by atoms with Crippen LogP contribution in [-0.4, -0.2) is 47.6 Å². The summed E-state index contributed by atoms with van der Waals surface area (Å²) in [6, 6.07) is 0. The molecule has 0 aliphatic heterocycles. The average molecular weight is 524 g/mol. The maximum absolute atomic E-state index is 13.8. The normalized spacial score (nSPS) is 23.8. The van der Waals surface area contributed by atoms with Crippen molar-refractivity contribution >= 4 is 0 Å². The van der Waals surface area contributed by atoms with Crippen molar-refractivity contribution in [2.75, 3.05) is 0 Å². The zero-order valence-electron chi connectivity index (χ0n) is 13.6. The van der Waals surface area contributed by atoms with Gasteiger partial charge < -0.3 is 0 Å². The second-order valence-electron chi connectivity index (χ2n) is 5.84. The van der Waals surface area contributed by atoms with E-state index in [-0.39, 0.29) is 0 Å². The number of alkyl halides is 17. The van der Waals surface area contributed by atoms with E-state index in [4.69, 9.17) is 0 Å². The molecule has 1 aliphatic rings. The summed E-state index contributed by atoms with van der Waals surface area (Å²) in [5.74, 6) is -62.0. The van der Waals surface area contributed by atoms with Crippen molar-refractivity contribution in [1.29, 1.82) is 0 Å². The van der Waals surface area contributed by atoms with E-state index >= 15 is 0 Å². The summed E-state index contributed by atoms with van der Waals surface area (Å²) in [4.78, 5) is 0. The lowest BCUT2D eigenvalue weighted by atomic mass is 9.87. The number of rotatable bonds is 3. The van der Waals surface area contributed by atoms with Gasteiger partial charge in [-0.15, -0.1) is 0 Å². The van der Waals surface area contributed by atoms with Crippen LogP contribution in [0.4, 0.5) is 87.8 Å². The van der Waals surface area contributed by atoms with Crippen LogP contribution in [-0.2, 0) is 0 Å². The number of halogens is 20. The molecule has 1 aliphatic carbocycles. The van der Waals surface area contributed by atoms with Gasteiger partial charge in [-0.1, -0.05) is 0 Å². The summed E-state index contributed by atoms with van der Waals surface area (Å²) in [7, 11) is 0. The molecular weight excluding hydrogens is 524 g/mol. The van der Waals surface area contributed by atoms with Crippen LogP contribution >= 0.6 is 0 Å². The van der Waals surface area contributed by atoms with Crippen LogP contribution in [0, 0.1) is 0 Å². The first-order chi connectivity index (χ1) is 13.6. The summed E-state index contributed by atoms with van der Waals surface area (Å²) in [6.07, 6.45) is -12.8. The molecule has 0 bridgehead atoms. The fourth-order valence-electron chi connectivity index (χ4n) is 2.15. The molecule has 0 unspecified atom stereocenters. The molecule has 0 radical (unpaired) electrons. The Morgan fingerprint density at radius 2 is 0.906 bits per heavy atom. The van der Waals surface area contributed by atoms with E-state index in [1.165, 1.54) is 0 Å². The molecular formula is C12F20. The Labute approximate surface area is 160 Å². The zero-order chi connectivity index (χ0) is 26.3. The summed E-state index contributed by atoms with van der Waals surface area (Å²) in [5.41, 5.74) is -10.4. The number of allylic oxidation sites excluding steroid dienone is 3. The van der Waals surface area contributed by atoms with Crippen molar-refractivity contribution < 1.29 is 87.8 Å². The van der Waals surface area contributed by atoms with Gasteiger partial charge >= 0.3 is 47.6 Å². The molecule has 0 nitrogen and oxygen atoms in total. The Morgan fingerprint density at radius 1 is 0.562 bits per heavy atom. The van der Waals surface area contributed by atoms with Crippen molar-refractivity contribution in [2.45, 2.75) is 47.6 Å². The summed E-state index contributed by atoms with van der Waals surface area (Å²) >= 11 is 0. The Balaban J connectivity index is 4.32. The number of hydrogen-bond acceptors (Lipinski definition) is 0. The Kier molecular flexibility index (Phi) is 5.97. The van der Waals surface area contributed by atoms with Gasteiger partial charge in [0.05, 0.1) is 5.57 Å². The van der Waals surface area contributed by atoms with Gasteiger partial charge in [0, 0.05) is 0 Å². The Hall–Kier alpha value is -1.92. The molecule has 0 aromatic rings. The van der Waals surface area contributed by atoms with Gasteiger partial charge in [-0.3, -0.25) is 0 Å². The summed E-state index contributed by atoms with van der Waals surface area (Å²) < 4.78 is 262. The molecule has 0 aromatic heterocycles. The third kappa shape index (κ3) is 3.06. The molecule has 32 heavy (non-hydrogen) atoms. The topological polar surface area (TPSA) is 0 Å². The largest absolute Gasteiger partial charge is 0.460 e. The van der Waals surface area contributed by atoms with Gasteiger partial charge in [-0.25, -0.2) is 4.39 Å². The molecule has 0 aromatic carbocycles. The first kappa shape index (κ1) is 28.1. The van der Waals surface area contributed by atoms with E-state index in [2.05, 4.69) is 0 Å². The minimum absolute atomic E-state index is 5.00. The third-order valence-electron chi connectivity index (χ3n) is 3.89. The molecule has 20 heteroatoms. The van der Waals surface area contributed by atoms with Crippen LogP contribution in [0.15, 0.2) is 23.1 Å². The standard InChI is InChI=1S/C12F20/c13-3-1(5(16,17)9(24,25)11(28,29)12(30,31)32)2(4(14)15)6(18,19)8(22,23)10(26,27)7(3,20)21. The SMILES string of the molecule is FC(F)=C1C(C(F)(F)C(F)(F)C(F)(F)C(F)(F)F)=C(F)C(F)(F)C(F)(F)C(F)(F)C1(F)F. The van der Waals surface area contributed by atoms with Crippen molar-refractivity contribution in [3.05, 3.63) is 23.1 Å². The van der Waals surface area contributed by atoms with Crippen LogP contribution in [0.2, 0.25) is 0 Å². The first-order valence-corrected chi connectivity index (χ1v) is 6.78. The van der Waals surface area contributed by atoms with Gasteiger partial charge in [0.2, 0.25) is 0 Å². The molecule has 0 saturated carbocycles. The van der Waals surface area contributed by atoms with Crippen molar-refractivity contribution in [3.8, 4) is 0 Å². The molecule has 0 saturated heterocycles. The highest BCUT2D eigenvalue weighted by Crippen LogP contribution is 2.66. The third-order valence-corrected chi connectivity index (χ3v) is 3.89. The highest BCUT2D eigenvalue weighted by Gasteiger charge is 2.89. The second kappa shape index (κ2) is 6.80. The molecule has 0 amide bonds. The van der Waals surface area contributed by atoms with Crippen LogP contribution < -0.4 is 0 Å². The smallest absolute Gasteiger partial charge is 0.204 e. The fourth-order valence-corrected chi connectivity index (χ4v) is 2.15. The van der Waals surface area contributed by atoms with Crippen molar-refractivity contribution in [1.82, 2.24) is 0 Å². The van der Waals surface area contributed by atoms with Gasteiger partial charge in [0.15, 0.2) is 5.83 Å². The second-order valence-corrected chi connectivity index (χ2v) is 5.84. The monoisotopic (exact) mass is 524 g/mol. The average Bonchev–Trinajstić information content (AvgIpc) is 2.57. The quantitative estimate of drug-likeness (QED) is 0.338. The minimum atomic E-state index is -8.45. The molecule has 0 N–H and O–H groups in total.